The molecule has 0 heterocycles. The number of carboxylic acid groups (broad SMARTS) is 1. The topological polar surface area (TPSA) is 145 Å². The van der Waals surface area contributed by atoms with Crippen molar-refractivity contribution in [1.29, 1.82) is 0 Å². The molecule has 0 saturated carbocycles. The number of aliphatic carboxylic acids is 1. The lowest BCUT2D eigenvalue weighted by atomic mass is 9.96. The van der Waals surface area contributed by atoms with E-state index in [2.05, 4.69) is 10.6 Å². The third-order valence-electron chi connectivity index (χ3n) is 4.75. The van der Waals surface area contributed by atoms with E-state index in [1.165, 1.54) is 0 Å². The Bertz CT molecular complexity index is 741. The summed E-state index contributed by atoms with van der Waals surface area (Å²) in [5, 5.41) is 14.3. The van der Waals surface area contributed by atoms with Gasteiger partial charge >= 0.3 is 20.6 Å². The van der Waals surface area contributed by atoms with Gasteiger partial charge < -0.3 is 30.1 Å². The number of hydrogen-bond donors (Lipinski definition) is 5. The summed E-state index contributed by atoms with van der Waals surface area (Å²) in [6, 6.07) is 7.78. The second-order valence-electron chi connectivity index (χ2n) is 8.96. The van der Waals surface area contributed by atoms with Gasteiger partial charge in [-0.25, -0.2) is 9.59 Å². The van der Waals surface area contributed by atoms with Crippen molar-refractivity contribution in [2.45, 2.75) is 59.2 Å². The molecule has 0 aliphatic heterocycles. The van der Waals surface area contributed by atoms with Gasteiger partial charge in [-0.2, -0.15) is 0 Å². The smallest absolute Gasteiger partial charge is 0.407 e. The van der Waals surface area contributed by atoms with Crippen LogP contribution in [-0.2, 0) is 20.9 Å². The zero-order chi connectivity index (χ0) is 24.3. The van der Waals surface area contributed by atoms with Crippen LogP contribution in [-0.4, -0.2) is 53.4 Å². The molecule has 1 rings (SSSR count). The van der Waals surface area contributed by atoms with Crippen LogP contribution in [0.2, 0.25) is 6.04 Å². The molecule has 0 saturated heterocycles. The first-order valence-electron chi connectivity index (χ1n) is 10.8. The third kappa shape index (κ3) is 11.3. The average molecular weight is 469 g/mol. The van der Waals surface area contributed by atoms with Crippen molar-refractivity contribution in [2.75, 3.05) is 6.17 Å². The van der Waals surface area contributed by atoms with Crippen LogP contribution in [0.15, 0.2) is 30.3 Å². The molecule has 2 amide bonds. The second-order valence-corrected chi connectivity index (χ2v) is 11.7. The second kappa shape index (κ2) is 13.2. The summed E-state index contributed by atoms with van der Waals surface area (Å²) in [4.78, 5) is 57.1. The molecule has 10 heteroatoms. The fourth-order valence-electron chi connectivity index (χ4n) is 3.29. The summed E-state index contributed by atoms with van der Waals surface area (Å²) in [7, 11) is -4.00. The summed E-state index contributed by atoms with van der Waals surface area (Å²) in [5.41, 5.74) is 0.794. The molecule has 5 N–H and O–H groups in total. The Kier molecular flexibility index (Phi) is 11.4. The summed E-state index contributed by atoms with van der Waals surface area (Å²) in [6.07, 6.45) is -0.572. The Hall–Kier alpha value is -2.43. The number of carbonyl (C=O) groups excluding carboxylic acids is 2. The monoisotopic (exact) mass is 468 g/mol. The van der Waals surface area contributed by atoms with E-state index < -0.39 is 44.7 Å². The maximum Gasteiger partial charge on any atom is 0.407 e. The summed E-state index contributed by atoms with van der Waals surface area (Å²) >= 11 is 0. The molecule has 1 aromatic rings. The molecule has 0 aliphatic carbocycles. The predicted molar refractivity (Wildman–Crippen MR) is 122 cm³/mol. The summed E-state index contributed by atoms with van der Waals surface area (Å²) < 4.78 is 5.06. The molecule has 0 aromatic heterocycles. The highest BCUT2D eigenvalue weighted by Gasteiger charge is 2.37. The number of amides is 2. The van der Waals surface area contributed by atoms with Gasteiger partial charge in [0.05, 0.1) is 6.17 Å². The van der Waals surface area contributed by atoms with Crippen molar-refractivity contribution in [1.82, 2.24) is 10.6 Å². The van der Waals surface area contributed by atoms with E-state index in [4.69, 9.17) is 4.74 Å². The Morgan fingerprint density at radius 1 is 1.00 bits per heavy atom. The van der Waals surface area contributed by atoms with Gasteiger partial charge in [0.25, 0.3) is 0 Å². The highest BCUT2D eigenvalue weighted by atomic mass is 28.4. The number of carboxylic acids is 1. The van der Waals surface area contributed by atoms with Crippen molar-refractivity contribution in [3.05, 3.63) is 35.9 Å². The molecule has 1 aromatic carbocycles. The van der Waals surface area contributed by atoms with E-state index in [0.717, 1.165) is 5.56 Å². The minimum absolute atomic E-state index is 0.0445. The molecule has 0 spiro atoms. The first-order chi connectivity index (χ1) is 14.9. The molecule has 0 fully saturated rings. The molecule has 9 nitrogen and oxygen atoms in total. The Labute approximate surface area is 190 Å². The van der Waals surface area contributed by atoms with Gasteiger partial charge in [0.15, 0.2) is 0 Å². The normalized spacial score (nSPS) is 13.5. The minimum atomic E-state index is -4.00. The Morgan fingerprint density at radius 3 is 2.12 bits per heavy atom. The van der Waals surface area contributed by atoms with Crippen LogP contribution >= 0.6 is 0 Å². The van der Waals surface area contributed by atoms with Gasteiger partial charge in [0.1, 0.15) is 12.6 Å². The van der Waals surface area contributed by atoms with Crippen LogP contribution in [0, 0.1) is 17.8 Å². The first-order valence-corrected chi connectivity index (χ1v) is 13.1. The van der Waals surface area contributed by atoms with Crippen LogP contribution in [0.25, 0.3) is 0 Å². The first kappa shape index (κ1) is 27.6. The largest absolute Gasteiger partial charge is 0.480 e. The molecule has 180 valence electrons. The molecule has 0 unspecified atom stereocenters. The van der Waals surface area contributed by atoms with Crippen LogP contribution in [0.1, 0.15) is 46.1 Å². The number of rotatable bonds is 13. The van der Waals surface area contributed by atoms with E-state index in [1.807, 2.05) is 45.9 Å². The third-order valence-corrected chi connectivity index (χ3v) is 6.64. The lowest BCUT2D eigenvalue weighted by molar-refractivity contribution is -0.143. The molecule has 0 bridgehead atoms. The number of carbonyl (C=O) groups is 3. The zero-order valence-electron chi connectivity index (χ0n) is 19.2. The lowest BCUT2D eigenvalue weighted by Gasteiger charge is -2.27. The van der Waals surface area contributed by atoms with Crippen molar-refractivity contribution >= 4 is 26.5 Å². The standard InChI is InChI=1S/C22H36N2O7Si/c1-15(2)10-18(20(25)24-19(21(26)27)11-16(3)4)13-32(29,30)14-23-22(28)31-12-17-8-6-5-7-9-17/h5-9,15-16,18-19,29-30H,10-14H2,1-4H3,(H,23,28)(H,24,25)(H,26,27)/t18-,19-/m0/s1. The quantitative estimate of drug-likeness (QED) is 0.279. The number of ether oxygens (including phenoxy) is 1. The van der Waals surface area contributed by atoms with Crippen LogP contribution in [0.4, 0.5) is 4.79 Å². The highest BCUT2D eigenvalue weighted by molar-refractivity contribution is 6.65. The van der Waals surface area contributed by atoms with Gasteiger partial charge in [-0.3, -0.25) is 4.79 Å². The average Bonchev–Trinajstić information content (AvgIpc) is 2.69. The lowest BCUT2D eigenvalue weighted by Crippen LogP contribution is -2.52. The summed E-state index contributed by atoms with van der Waals surface area (Å²) in [6.45, 7) is 7.54. The van der Waals surface area contributed by atoms with E-state index in [0.29, 0.717) is 6.42 Å². The molecular formula is C22H36N2O7Si. The SMILES string of the molecule is CC(C)C[C@@H](C[Si](O)(O)CNC(=O)OCc1ccccc1)C(=O)N[C@@H](CC(C)C)C(=O)O. The number of hydrogen-bond acceptors (Lipinski definition) is 6. The van der Waals surface area contributed by atoms with Crippen LogP contribution in [0.5, 0.6) is 0 Å². The Morgan fingerprint density at radius 2 is 1.59 bits per heavy atom. The van der Waals surface area contributed by atoms with Crippen molar-refractivity contribution < 1.29 is 33.8 Å². The van der Waals surface area contributed by atoms with Crippen molar-refractivity contribution in [3.8, 4) is 0 Å². The molecule has 32 heavy (non-hydrogen) atoms. The van der Waals surface area contributed by atoms with Crippen molar-refractivity contribution in [2.24, 2.45) is 17.8 Å². The van der Waals surface area contributed by atoms with E-state index >= 15 is 0 Å². The van der Waals surface area contributed by atoms with E-state index in [1.54, 1.807) is 12.1 Å². The number of benzene rings is 1. The minimum Gasteiger partial charge on any atom is -0.480 e. The summed E-state index contributed by atoms with van der Waals surface area (Å²) in [5.74, 6) is -2.30. The number of alkyl carbamates (subject to hydrolysis) is 1. The van der Waals surface area contributed by atoms with Gasteiger partial charge in [0, 0.05) is 12.0 Å². The predicted octanol–water partition coefficient (Wildman–Crippen LogP) is 2.16. The van der Waals surface area contributed by atoms with Crippen LogP contribution in [0.3, 0.4) is 0 Å². The van der Waals surface area contributed by atoms with Crippen LogP contribution < -0.4 is 10.6 Å². The van der Waals surface area contributed by atoms with Crippen molar-refractivity contribution in [3.63, 3.8) is 0 Å². The maximum atomic E-state index is 12.8. The maximum absolute atomic E-state index is 12.8. The molecule has 0 aliphatic rings. The Balaban J connectivity index is 2.67. The highest BCUT2D eigenvalue weighted by Crippen LogP contribution is 2.22. The van der Waals surface area contributed by atoms with Gasteiger partial charge in [-0.05, 0) is 30.2 Å². The van der Waals surface area contributed by atoms with Gasteiger partial charge in [-0.1, -0.05) is 58.0 Å². The molecule has 2 atom stereocenters. The van der Waals surface area contributed by atoms with E-state index in [9.17, 15) is 29.1 Å². The molecule has 0 radical (unpaired) electrons. The van der Waals surface area contributed by atoms with Gasteiger partial charge in [-0.15, -0.1) is 0 Å². The van der Waals surface area contributed by atoms with Gasteiger partial charge in [0.2, 0.25) is 5.91 Å². The zero-order valence-corrected chi connectivity index (χ0v) is 20.2. The van der Waals surface area contributed by atoms with E-state index in [-0.39, 0.29) is 30.9 Å². The fraction of sp³-hybridized carbons (Fsp3) is 0.591. The number of nitrogens with one attached hydrogen (secondary N) is 2. The fourth-order valence-corrected chi connectivity index (χ4v) is 5.00. The molecular weight excluding hydrogens is 432 g/mol.